The minimum atomic E-state index is -6.13. The van der Waals surface area contributed by atoms with Gasteiger partial charge in [-0.05, 0) is 36.4 Å². The number of benzene rings is 6. The number of rotatable bonds is 7. The van der Waals surface area contributed by atoms with Crippen LogP contribution < -0.4 is 31.2 Å². The van der Waals surface area contributed by atoms with Crippen LogP contribution in [0, 0.1) is 0 Å². The van der Waals surface area contributed by atoms with Crippen LogP contribution >= 0.6 is 0 Å². The third-order valence-electron chi connectivity index (χ3n) is 11.7. The number of pyridine rings is 1. The van der Waals surface area contributed by atoms with Gasteiger partial charge in [-0.1, -0.05) is 91.0 Å². The standard InChI is InChI=1S/C32H12BF24.C17H13F3NO/c34-25(35,36)13-1-14(26(37,38)39)6-21(5-13)33(22-7-15(27(40,41)42)2-16(8-22)28(43,44)45,23-9-17(29(46,47)48)3-18(10-23)30(49,50)51)24-11-19(31(52,53)54)4-20(12-24)32(55,56)57;18-17(19,20)22-16-11-10-14-8-4-5-9-15(14)21(16)12-13-6-2-1-3-7-13/h1-12H;1-11H,12H2/q-1;+1. The number of halogens is 27. The summed E-state index contributed by atoms with van der Waals surface area (Å²) in [5.74, 6) is -0.227. The lowest BCUT2D eigenvalue weighted by Crippen LogP contribution is -2.75. The van der Waals surface area contributed by atoms with Crippen LogP contribution in [0.2, 0.25) is 0 Å². The van der Waals surface area contributed by atoms with E-state index in [2.05, 4.69) is 4.74 Å². The highest BCUT2D eigenvalue weighted by molar-refractivity contribution is 7.20. The molecule has 0 fully saturated rings. The Morgan fingerprint density at radius 1 is 0.304 bits per heavy atom. The first-order valence-electron chi connectivity index (χ1n) is 21.4. The van der Waals surface area contributed by atoms with Crippen molar-refractivity contribution in [3.63, 3.8) is 0 Å². The van der Waals surface area contributed by atoms with E-state index in [1.54, 1.807) is 18.2 Å². The zero-order chi connectivity index (χ0) is 59.5. The third-order valence-corrected chi connectivity index (χ3v) is 11.7. The van der Waals surface area contributed by atoms with Crippen molar-refractivity contribution in [1.29, 1.82) is 0 Å². The summed E-state index contributed by atoms with van der Waals surface area (Å²) in [6.45, 7) is 0.299. The number of ether oxygens (including phenoxy) is 1. The van der Waals surface area contributed by atoms with Crippen molar-refractivity contribution in [3.05, 3.63) is 190 Å². The first kappa shape index (κ1) is 60.9. The molecular weight excluding hydrogens is 1140 g/mol. The Bertz CT molecular complexity index is 2880. The summed E-state index contributed by atoms with van der Waals surface area (Å²) in [5.41, 5.74) is -28.6. The van der Waals surface area contributed by atoms with Crippen LogP contribution in [0.3, 0.4) is 0 Å². The number of nitrogens with zero attached hydrogens (tertiary/aromatic N) is 1. The Hall–Kier alpha value is -7.30. The molecule has 0 spiro atoms. The fourth-order valence-corrected chi connectivity index (χ4v) is 8.45. The molecule has 1 heterocycles. The number of hydrogen-bond donors (Lipinski definition) is 0. The van der Waals surface area contributed by atoms with Crippen LogP contribution in [0.1, 0.15) is 50.1 Å². The van der Waals surface area contributed by atoms with Gasteiger partial charge < -0.3 is 4.74 Å². The van der Waals surface area contributed by atoms with E-state index in [0.717, 1.165) is 10.9 Å². The molecule has 0 aliphatic rings. The Morgan fingerprint density at radius 2 is 0.570 bits per heavy atom. The predicted molar refractivity (Wildman–Crippen MR) is 226 cm³/mol. The van der Waals surface area contributed by atoms with Crippen LogP contribution in [0.4, 0.5) is 119 Å². The highest BCUT2D eigenvalue weighted by Gasteiger charge is 2.47. The molecule has 0 radical (unpaired) electrons. The molecular formula is C49H25BF27NO. The minimum absolute atomic E-state index is 0.227. The molecule has 2 nitrogen and oxygen atoms in total. The molecule has 0 N–H and O–H groups in total. The SMILES string of the molecule is FC(F)(F)Oc1ccc2ccccc2[n+]1Cc1ccccc1.FC(F)(F)c1cc([B-](c2cc(C(F)(F)F)cc(C(F)(F)F)c2)(c2cc(C(F)(F)F)cc(C(F)(F)F)c2)c2cc(C(F)(F)F)cc(C(F)(F)F)c2)cc(C(F)(F)F)c1. The minimum Gasteiger partial charge on any atom is -0.350 e. The molecule has 0 saturated heterocycles. The van der Waals surface area contributed by atoms with Crippen LogP contribution in [0.15, 0.2) is 140 Å². The molecule has 79 heavy (non-hydrogen) atoms. The largest absolute Gasteiger partial charge is 0.577 e. The van der Waals surface area contributed by atoms with Crippen LogP contribution in [-0.2, 0) is 56.0 Å². The van der Waals surface area contributed by atoms with Crippen molar-refractivity contribution in [2.75, 3.05) is 0 Å². The summed E-state index contributed by atoms with van der Waals surface area (Å²) in [7, 11) is 0. The summed E-state index contributed by atoms with van der Waals surface area (Å²) in [6, 6.07) is 10.7. The van der Waals surface area contributed by atoms with Gasteiger partial charge in [0.1, 0.15) is 6.15 Å². The molecule has 0 aliphatic carbocycles. The van der Waals surface area contributed by atoms with Gasteiger partial charge in [0.2, 0.25) is 5.52 Å². The van der Waals surface area contributed by atoms with Gasteiger partial charge in [0.15, 0.2) is 6.54 Å². The molecule has 7 rings (SSSR count). The smallest absolute Gasteiger partial charge is 0.350 e. The topological polar surface area (TPSA) is 13.1 Å². The van der Waals surface area contributed by atoms with Crippen LogP contribution in [-0.4, -0.2) is 12.5 Å². The Labute approximate surface area is 424 Å². The zero-order valence-electron chi connectivity index (χ0n) is 38.1. The molecule has 1 aromatic heterocycles. The van der Waals surface area contributed by atoms with Gasteiger partial charge in [-0.3, -0.25) is 0 Å². The summed E-state index contributed by atoms with van der Waals surface area (Å²) in [5, 5.41) is 0.855. The fraction of sp³-hybridized carbons (Fsp3) is 0.204. The van der Waals surface area contributed by atoms with Crippen LogP contribution in [0.5, 0.6) is 5.88 Å². The highest BCUT2D eigenvalue weighted by Crippen LogP contribution is 2.41. The summed E-state index contributed by atoms with van der Waals surface area (Å²) in [6.07, 6.45) is -59.5. The number of aromatic nitrogens is 1. The van der Waals surface area contributed by atoms with E-state index in [9.17, 15) is 119 Å². The summed E-state index contributed by atoms with van der Waals surface area (Å²) in [4.78, 5) is 0. The van der Waals surface area contributed by atoms with Crippen molar-refractivity contribution in [3.8, 4) is 5.88 Å². The average molecular weight is 1170 g/mol. The molecule has 6 aromatic carbocycles. The maximum absolute atomic E-state index is 14.2. The maximum Gasteiger partial charge on any atom is 0.577 e. The van der Waals surface area contributed by atoms with E-state index in [1.165, 1.54) is 10.6 Å². The van der Waals surface area contributed by atoms with Gasteiger partial charge in [0.25, 0.3) is 0 Å². The predicted octanol–water partition coefficient (Wildman–Crippen LogP) is 15.3. The zero-order valence-corrected chi connectivity index (χ0v) is 38.1. The van der Waals surface area contributed by atoms with Crippen LogP contribution in [0.25, 0.3) is 10.9 Å². The molecule has 0 saturated carbocycles. The normalized spacial score (nSPS) is 13.6. The summed E-state index contributed by atoms with van der Waals surface area (Å²) >= 11 is 0. The van der Waals surface area contributed by atoms with E-state index in [4.69, 9.17) is 0 Å². The van der Waals surface area contributed by atoms with Gasteiger partial charge in [-0.15, -0.1) is 13.2 Å². The number of alkyl halides is 27. The first-order chi connectivity index (χ1) is 35.8. The van der Waals surface area contributed by atoms with Gasteiger partial charge in [0.05, 0.1) is 50.6 Å². The van der Waals surface area contributed by atoms with Gasteiger partial charge >= 0.3 is 61.7 Å². The van der Waals surface area contributed by atoms with Crippen molar-refractivity contribution in [2.24, 2.45) is 0 Å². The van der Waals surface area contributed by atoms with Crippen molar-refractivity contribution >= 4 is 38.9 Å². The van der Waals surface area contributed by atoms with E-state index >= 15 is 0 Å². The highest BCUT2D eigenvalue weighted by atomic mass is 19.4. The first-order valence-corrected chi connectivity index (χ1v) is 21.4. The molecule has 424 valence electrons. The van der Waals surface area contributed by atoms with Gasteiger partial charge in [-0.25, -0.2) is 0 Å². The number of fused-ring (bicyclic) bond motifs is 1. The molecule has 0 bridgehead atoms. The van der Waals surface area contributed by atoms with Crippen molar-refractivity contribution in [1.82, 2.24) is 0 Å². The molecule has 0 unspecified atom stereocenters. The maximum atomic E-state index is 14.2. The lowest BCUT2D eigenvalue weighted by Gasteiger charge is -2.46. The molecule has 7 aromatic rings. The molecule has 0 aliphatic heterocycles. The van der Waals surface area contributed by atoms with E-state index in [0.29, 0.717) is 12.1 Å². The summed E-state index contributed by atoms with van der Waals surface area (Å²) < 4.78 is 384. The second kappa shape index (κ2) is 20.7. The second-order valence-electron chi connectivity index (χ2n) is 17.1. The van der Waals surface area contributed by atoms with Crippen molar-refractivity contribution < 1.29 is 128 Å². The fourth-order valence-electron chi connectivity index (χ4n) is 8.45. The van der Waals surface area contributed by atoms with Gasteiger partial charge in [-0.2, -0.15) is 132 Å². The Balaban J connectivity index is 0.000000378. The monoisotopic (exact) mass is 1170 g/mol. The molecule has 0 atom stereocenters. The van der Waals surface area contributed by atoms with E-state index in [1.807, 2.05) is 42.5 Å². The lowest BCUT2D eigenvalue weighted by atomic mass is 9.12. The van der Waals surface area contributed by atoms with E-state index < -0.39 is 201 Å². The molecule has 30 heteroatoms. The van der Waals surface area contributed by atoms with Crippen molar-refractivity contribution in [2.45, 2.75) is 62.3 Å². The number of hydrogen-bond acceptors (Lipinski definition) is 1. The van der Waals surface area contributed by atoms with Gasteiger partial charge in [0, 0.05) is 17.0 Å². The average Bonchev–Trinajstić information content (AvgIpc) is 3.30. The Kier molecular flexibility index (Phi) is 16.0. The second-order valence-corrected chi connectivity index (χ2v) is 17.1. The third kappa shape index (κ3) is 14.1. The quantitative estimate of drug-likeness (QED) is 0.0881. The lowest BCUT2D eigenvalue weighted by molar-refractivity contribution is -0.673. The molecule has 0 amide bonds. The Morgan fingerprint density at radius 3 is 0.835 bits per heavy atom. The van der Waals surface area contributed by atoms with E-state index in [-0.39, 0.29) is 5.88 Å². The number of para-hydroxylation sites is 1.